The number of benzene rings is 2. The van der Waals surface area contributed by atoms with Crippen molar-refractivity contribution in [3.63, 3.8) is 0 Å². The Bertz CT molecular complexity index is 1060. The minimum absolute atomic E-state index is 0.0247. The zero-order valence-electron chi connectivity index (χ0n) is 14.9. The second-order valence-electron chi connectivity index (χ2n) is 6.29. The summed E-state index contributed by atoms with van der Waals surface area (Å²) in [5.41, 5.74) is 2.40. The quantitative estimate of drug-likeness (QED) is 0.322. The van der Waals surface area contributed by atoms with Crippen LogP contribution in [0.15, 0.2) is 58.9 Å². The number of carbonyl (C=O) groups is 2. The van der Waals surface area contributed by atoms with Crippen LogP contribution >= 0.6 is 35.3 Å². The van der Waals surface area contributed by atoms with Crippen molar-refractivity contribution in [3.05, 3.63) is 64.1 Å². The van der Waals surface area contributed by atoms with Crippen LogP contribution in [0.3, 0.4) is 0 Å². The normalized spacial score (nSPS) is 13.9. The first-order valence-electron chi connectivity index (χ1n) is 8.84. The average Bonchev–Trinajstić information content (AvgIpc) is 3.32. The molecule has 0 aliphatic carbocycles. The summed E-state index contributed by atoms with van der Waals surface area (Å²) in [5.74, 6) is 0.459. The molecule has 0 radical (unpaired) electrons. The van der Waals surface area contributed by atoms with E-state index in [-0.39, 0.29) is 11.7 Å². The highest BCUT2D eigenvalue weighted by atomic mass is 32.2. The number of hydrogen-bond donors (Lipinski definition) is 0. The Balaban J connectivity index is 1.41. The van der Waals surface area contributed by atoms with Crippen molar-refractivity contribution in [2.24, 2.45) is 0 Å². The molecule has 1 aromatic heterocycles. The van der Waals surface area contributed by atoms with Gasteiger partial charge in [0.1, 0.15) is 0 Å². The minimum Gasteiger partial charge on any atom is -0.312 e. The number of carbonyl (C=O) groups excluding carboxylic acids is 2. The number of anilines is 1. The molecular weight excluding hydrogens is 410 g/mol. The van der Waals surface area contributed by atoms with Crippen molar-refractivity contribution in [1.82, 2.24) is 9.78 Å². The molecule has 3 aromatic rings. The predicted molar refractivity (Wildman–Crippen MR) is 115 cm³/mol. The first-order valence-corrected chi connectivity index (χ1v) is 11.0. The fourth-order valence-electron chi connectivity index (χ4n) is 3.01. The third-order valence-electron chi connectivity index (χ3n) is 4.43. The molecule has 0 N–H and O–H groups in total. The lowest BCUT2D eigenvalue weighted by atomic mass is 10.1. The van der Waals surface area contributed by atoms with Gasteiger partial charge >= 0.3 is 0 Å². The summed E-state index contributed by atoms with van der Waals surface area (Å²) in [6, 6.07) is 17.0. The van der Waals surface area contributed by atoms with Gasteiger partial charge in [-0.1, -0.05) is 41.3 Å². The van der Waals surface area contributed by atoms with Crippen LogP contribution in [0.25, 0.3) is 5.69 Å². The third-order valence-corrected chi connectivity index (χ3v) is 6.80. The molecule has 2 aromatic carbocycles. The van der Waals surface area contributed by atoms with E-state index in [1.54, 1.807) is 21.7 Å². The molecule has 0 saturated carbocycles. The van der Waals surface area contributed by atoms with E-state index in [9.17, 15) is 9.59 Å². The van der Waals surface area contributed by atoms with Gasteiger partial charge in [-0.25, -0.2) is 4.68 Å². The molecule has 1 aliphatic rings. The largest absolute Gasteiger partial charge is 0.312 e. The number of rotatable bonds is 6. The van der Waals surface area contributed by atoms with Crippen LogP contribution in [-0.2, 0) is 4.79 Å². The van der Waals surface area contributed by atoms with Crippen molar-refractivity contribution in [1.29, 1.82) is 0 Å². The molecule has 0 atom stereocenters. The Kier molecular flexibility index (Phi) is 5.70. The number of hydrogen-bond acceptors (Lipinski definition) is 6. The smallest absolute Gasteiger partial charge is 0.227 e. The third kappa shape index (κ3) is 4.09. The molecule has 0 spiro atoms. The maximum atomic E-state index is 12.5. The van der Waals surface area contributed by atoms with Gasteiger partial charge in [0, 0.05) is 24.2 Å². The van der Waals surface area contributed by atoms with E-state index in [1.165, 1.54) is 23.1 Å². The molecule has 1 saturated heterocycles. The molecule has 0 unspecified atom stereocenters. The van der Waals surface area contributed by atoms with Crippen molar-refractivity contribution in [2.45, 2.75) is 17.2 Å². The van der Waals surface area contributed by atoms with Gasteiger partial charge in [-0.05, 0) is 55.0 Å². The monoisotopic (exact) mass is 427 g/mol. The summed E-state index contributed by atoms with van der Waals surface area (Å²) < 4.78 is 3.14. The molecule has 1 aliphatic heterocycles. The molecule has 0 bridgehead atoms. The number of amides is 1. The second-order valence-corrected chi connectivity index (χ2v) is 9.13. The average molecular weight is 428 g/mol. The molecule has 5 nitrogen and oxygen atoms in total. The van der Waals surface area contributed by atoms with Gasteiger partial charge in [-0.15, -0.1) is 5.10 Å². The molecule has 4 rings (SSSR count). The summed E-state index contributed by atoms with van der Waals surface area (Å²) >= 11 is 8.18. The molecule has 28 heavy (non-hydrogen) atoms. The van der Waals surface area contributed by atoms with E-state index in [2.05, 4.69) is 5.10 Å². The fraction of sp³-hybridized carbons (Fsp3) is 0.200. The van der Waals surface area contributed by atoms with Crippen LogP contribution in [0.4, 0.5) is 5.69 Å². The minimum atomic E-state index is 0.0247. The van der Waals surface area contributed by atoms with E-state index < -0.39 is 0 Å². The fourth-order valence-corrected chi connectivity index (χ4v) is 5.27. The van der Waals surface area contributed by atoms with E-state index in [0.717, 1.165) is 28.7 Å². The maximum Gasteiger partial charge on any atom is 0.227 e. The number of para-hydroxylation sites is 1. The van der Waals surface area contributed by atoms with Crippen LogP contribution in [0.1, 0.15) is 23.2 Å². The van der Waals surface area contributed by atoms with E-state index in [0.29, 0.717) is 21.7 Å². The molecule has 2 heterocycles. The highest BCUT2D eigenvalue weighted by Crippen LogP contribution is 2.26. The van der Waals surface area contributed by atoms with Crippen LogP contribution < -0.4 is 4.90 Å². The van der Waals surface area contributed by atoms with Crippen molar-refractivity contribution in [3.8, 4) is 5.69 Å². The number of ketones is 1. The first kappa shape index (κ1) is 19.0. The van der Waals surface area contributed by atoms with Gasteiger partial charge in [0.15, 0.2) is 14.1 Å². The van der Waals surface area contributed by atoms with Crippen molar-refractivity contribution >= 4 is 52.7 Å². The molecule has 142 valence electrons. The van der Waals surface area contributed by atoms with Crippen LogP contribution in [-0.4, -0.2) is 33.8 Å². The molecule has 1 amide bonds. The number of aromatic nitrogens is 2. The Morgan fingerprint density at radius 3 is 2.54 bits per heavy atom. The second kappa shape index (κ2) is 8.38. The predicted octanol–water partition coefficient (Wildman–Crippen LogP) is 4.77. The Morgan fingerprint density at radius 2 is 1.86 bits per heavy atom. The number of nitrogens with zero attached hydrogens (tertiary/aromatic N) is 3. The lowest BCUT2D eigenvalue weighted by Gasteiger charge is -2.15. The zero-order valence-corrected chi connectivity index (χ0v) is 17.4. The van der Waals surface area contributed by atoms with E-state index in [1.807, 2.05) is 42.5 Å². The summed E-state index contributed by atoms with van der Waals surface area (Å²) in [6.07, 6.45) is 1.48. The Labute approximate surface area is 176 Å². The van der Waals surface area contributed by atoms with Crippen molar-refractivity contribution < 1.29 is 9.59 Å². The van der Waals surface area contributed by atoms with Crippen LogP contribution in [0.2, 0.25) is 0 Å². The zero-order chi connectivity index (χ0) is 19.5. The summed E-state index contributed by atoms with van der Waals surface area (Å²) in [4.78, 5) is 26.1. The van der Waals surface area contributed by atoms with Crippen LogP contribution in [0, 0.1) is 3.95 Å². The number of Topliss-reactive ketones (excluding diaryl/α,β-unsaturated/α-hetero) is 1. The maximum absolute atomic E-state index is 12.5. The Hall–Kier alpha value is -2.29. The summed E-state index contributed by atoms with van der Waals surface area (Å²) in [7, 11) is 0. The highest BCUT2D eigenvalue weighted by molar-refractivity contribution is 8.01. The van der Waals surface area contributed by atoms with Gasteiger partial charge in [0.2, 0.25) is 5.91 Å². The van der Waals surface area contributed by atoms with E-state index >= 15 is 0 Å². The molecular formula is C20H17N3O2S3. The van der Waals surface area contributed by atoms with E-state index in [4.69, 9.17) is 12.2 Å². The lowest BCUT2D eigenvalue weighted by molar-refractivity contribution is -0.117. The first-order chi connectivity index (χ1) is 13.6. The summed E-state index contributed by atoms with van der Waals surface area (Å²) in [6.45, 7) is 0.747. The van der Waals surface area contributed by atoms with Crippen molar-refractivity contribution in [2.75, 3.05) is 17.2 Å². The molecule has 8 heteroatoms. The van der Waals surface area contributed by atoms with Gasteiger partial charge in [-0.3, -0.25) is 9.59 Å². The van der Waals surface area contributed by atoms with Crippen LogP contribution in [0.5, 0.6) is 0 Å². The number of thioether (sulfide) groups is 1. The molecule has 1 fully saturated rings. The highest BCUT2D eigenvalue weighted by Gasteiger charge is 2.21. The van der Waals surface area contributed by atoms with Gasteiger partial charge in [-0.2, -0.15) is 0 Å². The Morgan fingerprint density at radius 1 is 1.11 bits per heavy atom. The topological polar surface area (TPSA) is 55.2 Å². The SMILES string of the molecule is O=C(CSc1nn(-c2ccccc2)c(=S)s1)c1ccc(N2CCCC2=O)cc1. The van der Waals surface area contributed by atoms with Gasteiger partial charge in [0.25, 0.3) is 0 Å². The lowest BCUT2D eigenvalue weighted by Crippen LogP contribution is -2.23. The van der Waals surface area contributed by atoms with Gasteiger partial charge in [0.05, 0.1) is 11.4 Å². The van der Waals surface area contributed by atoms with Gasteiger partial charge < -0.3 is 4.90 Å². The summed E-state index contributed by atoms with van der Waals surface area (Å²) in [5, 5.41) is 4.52. The standard InChI is InChI=1S/C20H17N3O2S3/c24-17(14-8-10-15(11-9-14)22-12-4-7-18(22)25)13-27-19-21-23(20(26)28-19)16-5-2-1-3-6-16/h1-3,5-6,8-11H,4,7,12-13H2.